The van der Waals surface area contributed by atoms with Crippen molar-refractivity contribution in [1.82, 2.24) is 0 Å². The van der Waals surface area contributed by atoms with Gasteiger partial charge < -0.3 is 10.5 Å². The standard InChI is InChI=1S/C17H27NO/c1-13-5-4-6-14(9-13)10-15(12-18)11-16-7-8-17(2,3)19-16/h4-6,9,15-16H,7-8,10-12,18H2,1-3H3. The van der Waals surface area contributed by atoms with E-state index in [1.807, 2.05) is 0 Å². The normalized spacial score (nSPS) is 23.5. The van der Waals surface area contributed by atoms with E-state index < -0.39 is 0 Å². The fourth-order valence-electron chi connectivity index (χ4n) is 3.05. The van der Waals surface area contributed by atoms with E-state index in [2.05, 4.69) is 45.0 Å². The first-order valence-electron chi connectivity index (χ1n) is 7.42. The molecule has 0 aromatic heterocycles. The molecule has 2 N–H and O–H groups in total. The van der Waals surface area contributed by atoms with Crippen LogP contribution in [0.2, 0.25) is 0 Å². The van der Waals surface area contributed by atoms with Crippen LogP contribution in [0.1, 0.15) is 44.2 Å². The summed E-state index contributed by atoms with van der Waals surface area (Å²) < 4.78 is 6.09. The molecule has 1 saturated heterocycles. The van der Waals surface area contributed by atoms with Crippen molar-refractivity contribution in [2.45, 2.75) is 58.2 Å². The summed E-state index contributed by atoms with van der Waals surface area (Å²) in [6.07, 6.45) is 4.90. The highest BCUT2D eigenvalue weighted by molar-refractivity contribution is 5.22. The zero-order chi connectivity index (χ0) is 13.9. The molecule has 0 radical (unpaired) electrons. The quantitative estimate of drug-likeness (QED) is 0.881. The number of aryl methyl sites for hydroxylation is 1. The largest absolute Gasteiger partial charge is 0.372 e. The van der Waals surface area contributed by atoms with E-state index in [0.29, 0.717) is 12.0 Å². The van der Waals surface area contributed by atoms with Gasteiger partial charge in [0.25, 0.3) is 0 Å². The van der Waals surface area contributed by atoms with Crippen molar-refractivity contribution in [3.8, 4) is 0 Å². The van der Waals surface area contributed by atoms with Gasteiger partial charge >= 0.3 is 0 Å². The van der Waals surface area contributed by atoms with Crippen molar-refractivity contribution in [3.63, 3.8) is 0 Å². The molecule has 0 aliphatic carbocycles. The zero-order valence-electron chi connectivity index (χ0n) is 12.5. The molecule has 1 fully saturated rings. The highest BCUT2D eigenvalue weighted by Crippen LogP contribution is 2.33. The lowest BCUT2D eigenvalue weighted by atomic mass is 9.92. The molecule has 0 saturated carbocycles. The van der Waals surface area contributed by atoms with Crippen LogP contribution in [0.25, 0.3) is 0 Å². The third-order valence-electron chi connectivity index (χ3n) is 4.09. The number of hydrogen-bond acceptors (Lipinski definition) is 2. The van der Waals surface area contributed by atoms with Crippen LogP contribution < -0.4 is 5.73 Å². The molecule has 1 aliphatic rings. The minimum absolute atomic E-state index is 0.0626. The summed E-state index contributed by atoms with van der Waals surface area (Å²) in [5.74, 6) is 0.528. The predicted octanol–water partition coefficient (Wildman–Crippen LogP) is 3.46. The number of nitrogens with two attached hydrogens (primary N) is 1. The summed E-state index contributed by atoms with van der Waals surface area (Å²) in [6, 6.07) is 8.74. The topological polar surface area (TPSA) is 35.2 Å². The van der Waals surface area contributed by atoms with Crippen LogP contribution in [-0.2, 0) is 11.2 Å². The fraction of sp³-hybridized carbons (Fsp3) is 0.647. The first kappa shape index (κ1) is 14.5. The average molecular weight is 261 g/mol. The maximum atomic E-state index is 6.09. The van der Waals surface area contributed by atoms with E-state index in [-0.39, 0.29) is 5.60 Å². The summed E-state index contributed by atoms with van der Waals surface area (Å²) in [7, 11) is 0. The second-order valence-corrected chi connectivity index (χ2v) is 6.57. The van der Waals surface area contributed by atoms with Crippen molar-refractivity contribution in [2.75, 3.05) is 6.54 Å². The van der Waals surface area contributed by atoms with Crippen LogP contribution >= 0.6 is 0 Å². The van der Waals surface area contributed by atoms with Gasteiger partial charge in [0, 0.05) is 0 Å². The van der Waals surface area contributed by atoms with Gasteiger partial charge in [-0.2, -0.15) is 0 Å². The van der Waals surface area contributed by atoms with Gasteiger partial charge in [0.05, 0.1) is 11.7 Å². The van der Waals surface area contributed by atoms with Gasteiger partial charge in [-0.25, -0.2) is 0 Å². The van der Waals surface area contributed by atoms with E-state index in [1.165, 1.54) is 24.0 Å². The zero-order valence-corrected chi connectivity index (χ0v) is 12.5. The Morgan fingerprint density at radius 3 is 2.79 bits per heavy atom. The van der Waals surface area contributed by atoms with Crippen molar-refractivity contribution in [1.29, 1.82) is 0 Å². The van der Waals surface area contributed by atoms with Gasteiger partial charge in [0.2, 0.25) is 0 Å². The SMILES string of the molecule is Cc1cccc(CC(CN)CC2CCC(C)(C)O2)c1. The van der Waals surface area contributed by atoms with Crippen LogP contribution in [0.4, 0.5) is 0 Å². The fourth-order valence-corrected chi connectivity index (χ4v) is 3.05. The molecule has 106 valence electrons. The Balaban J connectivity index is 1.90. The van der Waals surface area contributed by atoms with Gasteiger partial charge in [-0.15, -0.1) is 0 Å². The van der Waals surface area contributed by atoms with Gasteiger partial charge in [0.1, 0.15) is 0 Å². The summed E-state index contributed by atoms with van der Waals surface area (Å²) >= 11 is 0. The van der Waals surface area contributed by atoms with Crippen LogP contribution in [-0.4, -0.2) is 18.2 Å². The molecule has 19 heavy (non-hydrogen) atoms. The second kappa shape index (κ2) is 6.06. The Morgan fingerprint density at radius 1 is 1.42 bits per heavy atom. The lowest BCUT2D eigenvalue weighted by Crippen LogP contribution is -2.25. The highest BCUT2D eigenvalue weighted by Gasteiger charge is 2.32. The molecule has 1 aromatic carbocycles. The van der Waals surface area contributed by atoms with E-state index >= 15 is 0 Å². The van der Waals surface area contributed by atoms with Gasteiger partial charge in [-0.1, -0.05) is 29.8 Å². The van der Waals surface area contributed by atoms with Crippen molar-refractivity contribution < 1.29 is 4.74 Å². The summed E-state index contributed by atoms with van der Waals surface area (Å²) in [5.41, 5.74) is 8.73. The van der Waals surface area contributed by atoms with E-state index in [9.17, 15) is 0 Å². The molecule has 1 aliphatic heterocycles. The number of benzene rings is 1. The highest BCUT2D eigenvalue weighted by atomic mass is 16.5. The molecule has 0 spiro atoms. The lowest BCUT2D eigenvalue weighted by Gasteiger charge is -2.23. The van der Waals surface area contributed by atoms with Crippen molar-refractivity contribution in [2.24, 2.45) is 11.7 Å². The Morgan fingerprint density at radius 2 is 2.21 bits per heavy atom. The molecule has 1 heterocycles. The first-order valence-corrected chi connectivity index (χ1v) is 7.42. The minimum Gasteiger partial charge on any atom is -0.372 e. The van der Waals surface area contributed by atoms with Crippen molar-refractivity contribution in [3.05, 3.63) is 35.4 Å². The van der Waals surface area contributed by atoms with Gasteiger partial charge in [0.15, 0.2) is 0 Å². The Labute approximate surface area is 117 Å². The predicted molar refractivity (Wildman–Crippen MR) is 80.2 cm³/mol. The van der Waals surface area contributed by atoms with Crippen molar-refractivity contribution >= 4 is 0 Å². The van der Waals surface area contributed by atoms with E-state index in [1.54, 1.807) is 0 Å². The molecular formula is C17H27NO. The molecular weight excluding hydrogens is 234 g/mol. The maximum Gasteiger partial charge on any atom is 0.0631 e. The molecule has 0 amide bonds. The van der Waals surface area contributed by atoms with Gasteiger partial charge in [-0.05, 0) is 64.5 Å². The van der Waals surface area contributed by atoms with E-state index in [0.717, 1.165) is 19.4 Å². The molecule has 1 aromatic rings. The molecule has 2 rings (SSSR count). The minimum atomic E-state index is 0.0626. The van der Waals surface area contributed by atoms with Crippen LogP contribution in [0.5, 0.6) is 0 Å². The number of ether oxygens (including phenoxy) is 1. The van der Waals surface area contributed by atoms with Crippen LogP contribution in [0.3, 0.4) is 0 Å². The molecule has 0 bridgehead atoms. The number of rotatable bonds is 5. The molecule has 2 atom stereocenters. The molecule has 2 heteroatoms. The average Bonchev–Trinajstić information content (AvgIpc) is 2.68. The maximum absolute atomic E-state index is 6.09. The van der Waals surface area contributed by atoms with E-state index in [4.69, 9.17) is 10.5 Å². The Kier molecular flexibility index (Phi) is 4.64. The van der Waals surface area contributed by atoms with Crippen LogP contribution in [0.15, 0.2) is 24.3 Å². The third-order valence-corrected chi connectivity index (χ3v) is 4.09. The molecule has 2 nitrogen and oxygen atoms in total. The first-order chi connectivity index (χ1) is 8.98. The summed E-state index contributed by atoms with van der Waals surface area (Å²) in [5, 5.41) is 0. The van der Waals surface area contributed by atoms with Crippen LogP contribution in [0, 0.1) is 12.8 Å². The third kappa shape index (κ3) is 4.32. The smallest absolute Gasteiger partial charge is 0.0631 e. The summed E-state index contributed by atoms with van der Waals surface area (Å²) in [6.45, 7) is 7.26. The lowest BCUT2D eigenvalue weighted by molar-refractivity contribution is -0.0240. The Bertz CT molecular complexity index is 413. The number of hydrogen-bond donors (Lipinski definition) is 1. The Hall–Kier alpha value is -0.860. The van der Waals surface area contributed by atoms with Gasteiger partial charge in [-0.3, -0.25) is 0 Å². The second-order valence-electron chi connectivity index (χ2n) is 6.57. The summed E-state index contributed by atoms with van der Waals surface area (Å²) in [4.78, 5) is 0. The monoisotopic (exact) mass is 261 g/mol. The molecule has 2 unspecified atom stereocenters.